The molecule has 0 bridgehead atoms. The number of rotatable bonds is 5. The van der Waals surface area contributed by atoms with Crippen molar-refractivity contribution in [3.05, 3.63) is 59.9 Å². The molecule has 2 heterocycles. The summed E-state index contributed by atoms with van der Waals surface area (Å²) in [6.45, 7) is 4.23. The zero-order valence-electron chi connectivity index (χ0n) is 16.4. The number of phenols is 2. The third kappa shape index (κ3) is 3.24. The van der Waals surface area contributed by atoms with Crippen molar-refractivity contribution in [1.29, 1.82) is 0 Å². The quantitative estimate of drug-likeness (QED) is 0.442. The van der Waals surface area contributed by atoms with Gasteiger partial charge in [0.1, 0.15) is 17.8 Å². The standard InChI is InChI=1S/C22H23N5O2/c1-3-6-16(15-8-5-4-7-13(15)2)27-22-19(21(23)24-12-25-22)20(26-27)14-9-10-17(28)18(29)11-14/h4-5,7-12,16,28-29H,3,6H2,1-2H3,(H2,23,24,25). The lowest BCUT2D eigenvalue weighted by molar-refractivity contribution is 0.404. The largest absolute Gasteiger partial charge is 0.504 e. The fraction of sp³-hybridized carbons (Fsp3) is 0.227. The summed E-state index contributed by atoms with van der Waals surface area (Å²) in [7, 11) is 0. The molecule has 0 spiro atoms. The lowest BCUT2D eigenvalue weighted by Gasteiger charge is -2.20. The van der Waals surface area contributed by atoms with E-state index in [1.54, 1.807) is 6.07 Å². The molecule has 7 heteroatoms. The van der Waals surface area contributed by atoms with Crippen LogP contribution in [0.5, 0.6) is 11.5 Å². The molecule has 4 N–H and O–H groups in total. The van der Waals surface area contributed by atoms with Gasteiger partial charge in [-0.1, -0.05) is 37.6 Å². The Balaban J connectivity index is 1.99. The van der Waals surface area contributed by atoms with Gasteiger partial charge >= 0.3 is 0 Å². The van der Waals surface area contributed by atoms with E-state index < -0.39 is 0 Å². The molecule has 0 fully saturated rings. The van der Waals surface area contributed by atoms with Crippen LogP contribution in [-0.4, -0.2) is 30.0 Å². The summed E-state index contributed by atoms with van der Waals surface area (Å²) in [4.78, 5) is 8.63. The minimum Gasteiger partial charge on any atom is -0.504 e. The third-order valence-electron chi connectivity index (χ3n) is 5.17. The lowest BCUT2D eigenvalue weighted by atomic mass is 9.98. The van der Waals surface area contributed by atoms with Gasteiger partial charge < -0.3 is 15.9 Å². The summed E-state index contributed by atoms with van der Waals surface area (Å²) in [5, 5.41) is 25.1. The highest BCUT2D eigenvalue weighted by atomic mass is 16.3. The maximum atomic E-state index is 9.97. The maximum absolute atomic E-state index is 9.97. The highest BCUT2D eigenvalue weighted by Gasteiger charge is 2.24. The summed E-state index contributed by atoms with van der Waals surface area (Å²) >= 11 is 0. The molecular weight excluding hydrogens is 366 g/mol. The first kappa shape index (κ1) is 18.7. The van der Waals surface area contributed by atoms with Crippen LogP contribution >= 0.6 is 0 Å². The number of fused-ring (bicyclic) bond motifs is 1. The van der Waals surface area contributed by atoms with Crippen LogP contribution in [0.15, 0.2) is 48.8 Å². The predicted octanol–water partition coefficient (Wildman–Crippen LogP) is 4.18. The molecule has 29 heavy (non-hydrogen) atoms. The molecule has 7 nitrogen and oxygen atoms in total. The van der Waals surface area contributed by atoms with Crippen LogP contribution in [-0.2, 0) is 0 Å². The minimum atomic E-state index is -0.218. The first-order valence-electron chi connectivity index (χ1n) is 9.57. The average molecular weight is 389 g/mol. The van der Waals surface area contributed by atoms with Crippen molar-refractivity contribution < 1.29 is 10.2 Å². The van der Waals surface area contributed by atoms with Gasteiger partial charge in [-0.25, -0.2) is 14.6 Å². The SMILES string of the molecule is CCCC(c1ccccc1C)n1nc(-c2ccc(O)c(O)c2)c2c(N)ncnc21. The van der Waals surface area contributed by atoms with E-state index in [2.05, 4.69) is 35.9 Å². The van der Waals surface area contributed by atoms with Crippen LogP contribution in [0.25, 0.3) is 22.3 Å². The van der Waals surface area contributed by atoms with E-state index in [-0.39, 0.29) is 17.5 Å². The number of aryl methyl sites for hydroxylation is 1. The van der Waals surface area contributed by atoms with Gasteiger partial charge in [0.25, 0.3) is 0 Å². The number of nitrogen functional groups attached to an aromatic ring is 1. The van der Waals surface area contributed by atoms with E-state index in [4.69, 9.17) is 10.8 Å². The molecule has 0 saturated carbocycles. The van der Waals surface area contributed by atoms with Crippen LogP contribution in [0.4, 0.5) is 5.82 Å². The maximum Gasteiger partial charge on any atom is 0.164 e. The number of anilines is 1. The number of benzene rings is 2. The van der Waals surface area contributed by atoms with Gasteiger partial charge in [-0.2, -0.15) is 5.10 Å². The van der Waals surface area contributed by atoms with Gasteiger partial charge in [-0.3, -0.25) is 0 Å². The molecule has 4 rings (SSSR count). The molecular formula is C22H23N5O2. The van der Waals surface area contributed by atoms with E-state index in [0.717, 1.165) is 12.8 Å². The highest BCUT2D eigenvalue weighted by molar-refractivity contribution is 5.98. The number of aromatic hydroxyl groups is 2. The molecule has 148 valence electrons. The highest BCUT2D eigenvalue weighted by Crippen LogP contribution is 2.37. The van der Waals surface area contributed by atoms with Gasteiger partial charge in [-0.15, -0.1) is 0 Å². The lowest BCUT2D eigenvalue weighted by Crippen LogP contribution is -2.14. The monoisotopic (exact) mass is 389 g/mol. The molecule has 4 aromatic rings. The Kier molecular flexibility index (Phi) is 4.80. The number of hydrogen-bond donors (Lipinski definition) is 3. The van der Waals surface area contributed by atoms with Crippen molar-refractivity contribution in [1.82, 2.24) is 19.7 Å². The summed E-state index contributed by atoms with van der Waals surface area (Å²) in [5.41, 5.74) is 10.4. The fourth-order valence-corrected chi connectivity index (χ4v) is 3.73. The summed E-state index contributed by atoms with van der Waals surface area (Å²) in [6.07, 6.45) is 3.29. The number of nitrogens with zero attached hydrogens (tertiary/aromatic N) is 4. The Morgan fingerprint density at radius 3 is 2.59 bits per heavy atom. The molecule has 1 atom stereocenters. The molecule has 0 saturated heterocycles. The number of phenolic OH excluding ortho intramolecular Hbond substituents is 2. The molecule has 0 aliphatic heterocycles. The number of nitrogens with two attached hydrogens (primary N) is 1. The Morgan fingerprint density at radius 1 is 1.07 bits per heavy atom. The first-order valence-corrected chi connectivity index (χ1v) is 9.57. The normalized spacial score (nSPS) is 12.3. The van der Waals surface area contributed by atoms with Crippen molar-refractivity contribution >= 4 is 16.9 Å². The number of hydrogen-bond acceptors (Lipinski definition) is 6. The molecule has 0 radical (unpaired) electrons. The smallest absolute Gasteiger partial charge is 0.164 e. The molecule has 0 aliphatic carbocycles. The first-order chi connectivity index (χ1) is 14.0. The second-order valence-electron chi connectivity index (χ2n) is 7.12. The molecule has 2 aromatic heterocycles. The zero-order chi connectivity index (χ0) is 20.5. The second kappa shape index (κ2) is 7.43. The van der Waals surface area contributed by atoms with E-state index in [0.29, 0.717) is 28.1 Å². The van der Waals surface area contributed by atoms with Crippen LogP contribution in [0.1, 0.15) is 36.9 Å². The van der Waals surface area contributed by atoms with Crippen molar-refractivity contribution in [3.63, 3.8) is 0 Å². The zero-order valence-corrected chi connectivity index (χ0v) is 16.4. The minimum absolute atomic E-state index is 0.0162. The van der Waals surface area contributed by atoms with Crippen LogP contribution in [0.3, 0.4) is 0 Å². The predicted molar refractivity (Wildman–Crippen MR) is 113 cm³/mol. The Bertz CT molecular complexity index is 1190. The van der Waals surface area contributed by atoms with E-state index >= 15 is 0 Å². The third-order valence-corrected chi connectivity index (χ3v) is 5.17. The number of aromatic nitrogens is 4. The summed E-state index contributed by atoms with van der Waals surface area (Å²) < 4.78 is 1.90. The van der Waals surface area contributed by atoms with E-state index in [1.807, 2.05) is 16.8 Å². The average Bonchev–Trinajstić information content (AvgIpc) is 3.10. The van der Waals surface area contributed by atoms with Gasteiger partial charge in [-0.05, 0) is 42.7 Å². The van der Waals surface area contributed by atoms with Crippen molar-refractivity contribution in [2.45, 2.75) is 32.7 Å². The van der Waals surface area contributed by atoms with Gasteiger partial charge in [0.15, 0.2) is 17.1 Å². The second-order valence-corrected chi connectivity index (χ2v) is 7.12. The van der Waals surface area contributed by atoms with Crippen LogP contribution in [0, 0.1) is 6.92 Å². The molecule has 1 unspecified atom stereocenters. The van der Waals surface area contributed by atoms with Gasteiger partial charge in [0, 0.05) is 5.56 Å². The van der Waals surface area contributed by atoms with Crippen molar-refractivity contribution in [3.8, 4) is 22.8 Å². The Morgan fingerprint density at radius 2 is 1.86 bits per heavy atom. The molecule has 0 amide bonds. The summed E-state index contributed by atoms with van der Waals surface area (Å²) in [5.74, 6) is -0.0843. The molecule has 2 aromatic carbocycles. The van der Waals surface area contributed by atoms with E-state index in [1.165, 1.54) is 29.6 Å². The van der Waals surface area contributed by atoms with Gasteiger partial charge in [0.2, 0.25) is 0 Å². The van der Waals surface area contributed by atoms with E-state index in [9.17, 15) is 10.2 Å². The van der Waals surface area contributed by atoms with Crippen LogP contribution < -0.4 is 5.73 Å². The molecule has 0 aliphatic rings. The Hall–Kier alpha value is -3.61. The van der Waals surface area contributed by atoms with Gasteiger partial charge in [0.05, 0.1) is 11.4 Å². The fourth-order valence-electron chi connectivity index (χ4n) is 3.73. The van der Waals surface area contributed by atoms with Crippen LogP contribution in [0.2, 0.25) is 0 Å². The summed E-state index contributed by atoms with van der Waals surface area (Å²) in [6, 6.07) is 12.8. The Labute approximate surface area is 168 Å². The van der Waals surface area contributed by atoms with Crippen molar-refractivity contribution in [2.24, 2.45) is 0 Å². The van der Waals surface area contributed by atoms with Crippen molar-refractivity contribution in [2.75, 3.05) is 5.73 Å². The topological polar surface area (TPSA) is 110 Å².